The minimum atomic E-state index is -1.02. The van der Waals surface area contributed by atoms with Gasteiger partial charge in [-0.2, -0.15) is 0 Å². The van der Waals surface area contributed by atoms with Crippen LogP contribution in [-0.4, -0.2) is 52.2 Å². The van der Waals surface area contributed by atoms with Crippen molar-refractivity contribution in [3.05, 3.63) is 29.6 Å². The number of nitrogens with one attached hydrogen (secondary N) is 1. The Hall–Kier alpha value is -2.59. The number of nitrogens with zero attached hydrogens (tertiary/aromatic N) is 2. The Morgan fingerprint density at radius 1 is 1.42 bits per heavy atom. The maximum atomic E-state index is 12.0. The standard InChI is InChI=1S/C17H23N3O4/c1-5-10-24-12-14-7-6-13(11-19-14)15(21)18-8-9-20(16(22)23)17(2,3)4/h1,6-7,11H,8-10,12H2,2-4H3,(H,18,21)(H,22,23). The zero-order chi connectivity index (χ0) is 18.2. The molecule has 7 heteroatoms. The van der Waals surface area contributed by atoms with Gasteiger partial charge < -0.3 is 20.1 Å². The number of aromatic nitrogens is 1. The third kappa shape index (κ3) is 6.26. The van der Waals surface area contributed by atoms with E-state index < -0.39 is 11.6 Å². The zero-order valence-corrected chi connectivity index (χ0v) is 14.2. The quantitative estimate of drug-likeness (QED) is 0.586. The van der Waals surface area contributed by atoms with E-state index >= 15 is 0 Å². The molecule has 0 aliphatic heterocycles. The lowest BCUT2D eigenvalue weighted by Crippen LogP contribution is -2.48. The van der Waals surface area contributed by atoms with Crippen LogP contribution in [-0.2, 0) is 11.3 Å². The van der Waals surface area contributed by atoms with E-state index in [1.165, 1.54) is 11.1 Å². The molecule has 0 bridgehead atoms. The van der Waals surface area contributed by atoms with Crippen LogP contribution in [0.15, 0.2) is 18.3 Å². The molecule has 0 aliphatic carbocycles. The van der Waals surface area contributed by atoms with Crippen LogP contribution in [0.2, 0.25) is 0 Å². The van der Waals surface area contributed by atoms with Crippen LogP contribution < -0.4 is 5.32 Å². The molecule has 1 rings (SSSR count). The summed E-state index contributed by atoms with van der Waals surface area (Å²) in [5.41, 5.74) is 0.540. The number of carbonyl (C=O) groups is 2. The van der Waals surface area contributed by atoms with E-state index in [-0.39, 0.29) is 32.2 Å². The van der Waals surface area contributed by atoms with Gasteiger partial charge in [0.05, 0.1) is 17.9 Å². The summed E-state index contributed by atoms with van der Waals surface area (Å²) >= 11 is 0. The van der Waals surface area contributed by atoms with Gasteiger partial charge in [-0.05, 0) is 32.9 Å². The summed E-state index contributed by atoms with van der Waals surface area (Å²) in [4.78, 5) is 28.7. The van der Waals surface area contributed by atoms with Crippen LogP contribution in [0.5, 0.6) is 0 Å². The highest BCUT2D eigenvalue weighted by atomic mass is 16.5. The summed E-state index contributed by atoms with van der Waals surface area (Å²) in [5.74, 6) is 2.05. The van der Waals surface area contributed by atoms with E-state index in [4.69, 9.17) is 11.2 Å². The Labute approximate surface area is 142 Å². The predicted molar refractivity (Wildman–Crippen MR) is 89.5 cm³/mol. The Morgan fingerprint density at radius 2 is 2.12 bits per heavy atom. The average Bonchev–Trinajstić information content (AvgIpc) is 2.50. The van der Waals surface area contributed by atoms with Gasteiger partial charge in [-0.1, -0.05) is 5.92 Å². The van der Waals surface area contributed by atoms with Gasteiger partial charge in [-0.15, -0.1) is 6.42 Å². The van der Waals surface area contributed by atoms with E-state index in [0.29, 0.717) is 11.3 Å². The predicted octanol–water partition coefficient (Wildman–Crippen LogP) is 1.74. The molecule has 0 saturated carbocycles. The maximum absolute atomic E-state index is 12.0. The highest BCUT2D eigenvalue weighted by molar-refractivity contribution is 5.93. The molecule has 0 unspecified atom stereocenters. The van der Waals surface area contributed by atoms with Gasteiger partial charge in [0.25, 0.3) is 5.91 Å². The van der Waals surface area contributed by atoms with Crippen molar-refractivity contribution < 1.29 is 19.4 Å². The van der Waals surface area contributed by atoms with E-state index in [2.05, 4.69) is 16.2 Å². The highest BCUT2D eigenvalue weighted by Gasteiger charge is 2.25. The summed E-state index contributed by atoms with van der Waals surface area (Å²) in [6.07, 6.45) is 5.51. The van der Waals surface area contributed by atoms with Crippen LogP contribution >= 0.6 is 0 Å². The molecule has 0 fully saturated rings. The van der Waals surface area contributed by atoms with Crippen molar-refractivity contribution in [2.45, 2.75) is 32.9 Å². The van der Waals surface area contributed by atoms with Gasteiger partial charge in [-0.25, -0.2) is 4.79 Å². The number of rotatable bonds is 7. The lowest BCUT2D eigenvalue weighted by Gasteiger charge is -2.33. The minimum Gasteiger partial charge on any atom is -0.465 e. The van der Waals surface area contributed by atoms with Gasteiger partial charge >= 0.3 is 6.09 Å². The Kier molecular flexibility index (Phi) is 7.21. The van der Waals surface area contributed by atoms with Crippen molar-refractivity contribution >= 4 is 12.0 Å². The molecule has 0 spiro atoms. The number of hydrogen-bond acceptors (Lipinski definition) is 4. The molecular weight excluding hydrogens is 310 g/mol. The molecule has 24 heavy (non-hydrogen) atoms. The van der Waals surface area contributed by atoms with Crippen LogP contribution in [0.25, 0.3) is 0 Å². The van der Waals surface area contributed by atoms with Crippen LogP contribution in [0, 0.1) is 12.3 Å². The lowest BCUT2D eigenvalue weighted by atomic mass is 10.1. The van der Waals surface area contributed by atoms with E-state index in [1.807, 2.05) is 0 Å². The number of carbonyl (C=O) groups excluding carboxylic acids is 1. The van der Waals surface area contributed by atoms with Crippen LogP contribution in [0.3, 0.4) is 0 Å². The van der Waals surface area contributed by atoms with Crippen molar-refractivity contribution in [2.24, 2.45) is 0 Å². The molecule has 0 saturated heterocycles. The van der Waals surface area contributed by atoms with Crippen molar-refractivity contribution in [1.82, 2.24) is 15.2 Å². The molecule has 1 aromatic rings. The maximum Gasteiger partial charge on any atom is 0.407 e. The molecular formula is C17H23N3O4. The van der Waals surface area contributed by atoms with Gasteiger partial charge in [-0.3, -0.25) is 9.78 Å². The van der Waals surface area contributed by atoms with E-state index in [1.54, 1.807) is 32.9 Å². The average molecular weight is 333 g/mol. The summed E-state index contributed by atoms with van der Waals surface area (Å²) in [6, 6.07) is 3.32. The summed E-state index contributed by atoms with van der Waals surface area (Å²) in [5, 5.41) is 11.9. The summed E-state index contributed by atoms with van der Waals surface area (Å²) in [6.45, 7) is 6.31. The fourth-order valence-corrected chi connectivity index (χ4v) is 1.96. The number of pyridine rings is 1. The topological polar surface area (TPSA) is 91.8 Å². The molecule has 1 aromatic heterocycles. The van der Waals surface area contributed by atoms with Crippen molar-refractivity contribution in [2.75, 3.05) is 19.7 Å². The number of carboxylic acid groups (broad SMARTS) is 1. The first-order valence-corrected chi connectivity index (χ1v) is 7.50. The molecule has 7 nitrogen and oxygen atoms in total. The van der Waals surface area contributed by atoms with Crippen molar-refractivity contribution in [3.63, 3.8) is 0 Å². The number of ether oxygens (including phenoxy) is 1. The van der Waals surface area contributed by atoms with Crippen LogP contribution in [0.1, 0.15) is 36.8 Å². The normalized spacial score (nSPS) is 10.8. The molecule has 0 atom stereocenters. The molecule has 0 aromatic carbocycles. The number of terminal acetylenes is 1. The fourth-order valence-electron chi connectivity index (χ4n) is 1.96. The van der Waals surface area contributed by atoms with Crippen LogP contribution in [0.4, 0.5) is 4.79 Å². The SMILES string of the molecule is C#CCOCc1ccc(C(=O)NCCN(C(=O)O)C(C)(C)C)cn1. The van der Waals surface area contributed by atoms with Gasteiger partial charge in [0.2, 0.25) is 0 Å². The molecule has 130 valence electrons. The first kappa shape index (κ1) is 19.5. The third-order valence-electron chi connectivity index (χ3n) is 3.18. The van der Waals surface area contributed by atoms with Crippen molar-refractivity contribution in [3.8, 4) is 12.3 Å². The lowest BCUT2D eigenvalue weighted by molar-refractivity contribution is 0.0891. The third-order valence-corrected chi connectivity index (χ3v) is 3.18. The minimum absolute atomic E-state index is 0.204. The smallest absolute Gasteiger partial charge is 0.407 e. The van der Waals surface area contributed by atoms with E-state index in [0.717, 1.165) is 0 Å². The monoisotopic (exact) mass is 333 g/mol. The van der Waals surface area contributed by atoms with Gasteiger partial charge in [0.15, 0.2) is 0 Å². The van der Waals surface area contributed by atoms with Crippen molar-refractivity contribution in [1.29, 1.82) is 0 Å². The van der Waals surface area contributed by atoms with Gasteiger partial charge in [0, 0.05) is 24.8 Å². The molecule has 2 N–H and O–H groups in total. The number of hydrogen-bond donors (Lipinski definition) is 2. The van der Waals surface area contributed by atoms with E-state index in [9.17, 15) is 14.7 Å². The number of amides is 2. The molecule has 2 amide bonds. The second kappa shape index (κ2) is 8.89. The Bertz CT molecular complexity index is 600. The first-order valence-electron chi connectivity index (χ1n) is 7.50. The van der Waals surface area contributed by atoms with Gasteiger partial charge in [0.1, 0.15) is 6.61 Å². The molecule has 0 aliphatic rings. The molecule has 1 heterocycles. The fraction of sp³-hybridized carbons (Fsp3) is 0.471. The largest absolute Gasteiger partial charge is 0.465 e. The summed E-state index contributed by atoms with van der Waals surface area (Å²) < 4.78 is 5.15. The molecule has 0 radical (unpaired) electrons. The second-order valence-corrected chi connectivity index (χ2v) is 6.10. The Morgan fingerprint density at radius 3 is 2.62 bits per heavy atom. The summed E-state index contributed by atoms with van der Waals surface area (Å²) in [7, 11) is 0. The highest BCUT2D eigenvalue weighted by Crippen LogP contribution is 2.12. The zero-order valence-electron chi connectivity index (χ0n) is 14.2. The first-order chi connectivity index (χ1) is 11.3. The second-order valence-electron chi connectivity index (χ2n) is 6.10. The Balaban J connectivity index is 2.50.